The third-order valence-corrected chi connectivity index (χ3v) is 2.04. The van der Waals surface area contributed by atoms with Gasteiger partial charge in [-0.1, -0.05) is 23.2 Å². The van der Waals surface area contributed by atoms with Crippen molar-refractivity contribution in [2.45, 2.75) is 6.42 Å². The molecular formula is C7H4Cl2FNO. The lowest BCUT2D eigenvalue weighted by atomic mass is 10.2. The second-order valence-electron chi connectivity index (χ2n) is 2.06. The van der Waals surface area contributed by atoms with Crippen molar-refractivity contribution in [3.05, 3.63) is 27.8 Å². The van der Waals surface area contributed by atoms with Gasteiger partial charge in [-0.2, -0.15) is 0 Å². The van der Waals surface area contributed by atoms with Gasteiger partial charge in [0.05, 0.1) is 11.2 Å². The highest BCUT2D eigenvalue weighted by Gasteiger charge is 2.10. The first-order chi connectivity index (χ1) is 5.66. The van der Waals surface area contributed by atoms with Gasteiger partial charge < -0.3 is 4.79 Å². The number of hydrogen-bond acceptors (Lipinski definition) is 2. The molecule has 1 rings (SSSR count). The summed E-state index contributed by atoms with van der Waals surface area (Å²) in [5.41, 5.74) is 0.230. The molecule has 0 aliphatic carbocycles. The van der Waals surface area contributed by atoms with Crippen LogP contribution in [0, 0.1) is 5.82 Å². The molecule has 64 valence electrons. The highest BCUT2D eigenvalue weighted by atomic mass is 35.5. The summed E-state index contributed by atoms with van der Waals surface area (Å²) in [6.45, 7) is 0. The maximum Gasteiger partial charge on any atom is 0.160 e. The molecular weight excluding hydrogens is 204 g/mol. The summed E-state index contributed by atoms with van der Waals surface area (Å²) in [4.78, 5) is 13.6. The molecule has 0 spiro atoms. The van der Waals surface area contributed by atoms with Gasteiger partial charge in [0.25, 0.3) is 0 Å². The average Bonchev–Trinajstić information content (AvgIpc) is 2.06. The molecule has 0 bridgehead atoms. The van der Waals surface area contributed by atoms with E-state index in [1.807, 2.05) is 0 Å². The van der Waals surface area contributed by atoms with Crippen LogP contribution in [0.1, 0.15) is 5.56 Å². The SMILES string of the molecule is O=CCc1c(Cl)ncc(F)c1Cl. The summed E-state index contributed by atoms with van der Waals surface area (Å²) < 4.78 is 12.7. The van der Waals surface area contributed by atoms with Gasteiger partial charge in [0.2, 0.25) is 0 Å². The predicted octanol–water partition coefficient (Wildman–Crippen LogP) is 2.27. The zero-order chi connectivity index (χ0) is 9.14. The van der Waals surface area contributed by atoms with E-state index >= 15 is 0 Å². The number of hydrogen-bond donors (Lipinski definition) is 0. The van der Waals surface area contributed by atoms with Crippen LogP contribution in [0.2, 0.25) is 10.2 Å². The number of aromatic nitrogens is 1. The number of aldehydes is 1. The molecule has 0 unspecified atom stereocenters. The fourth-order valence-electron chi connectivity index (χ4n) is 0.740. The van der Waals surface area contributed by atoms with E-state index in [2.05, 4.69) is 4.98 Å². The Balaban J connectivity index is 3.22. The van der Waals surface area contributed by atoms with Crippen LogP contribution in [0.15, 0.2) is 6.20 Å². The molecule has 0 saturated carbocycles. The normalized spacial score (nSPS) is 9.92. The van der Waals surface area contributed by atoms with Crippen molar-refractivity contribution in [3.63, 3.8) is 0 Å². The number of rotatable bonds is 2. The van der Waals surface area contributed by atoms with Crippen LogP contribution in [0.25, 0.3) is 0 Å². The van der Waals surface area contributed by atoms with Crippen molar-refractivity contribution in [1.29, 1.82) is 0 Å². The van der Waals surface area contributed by atoms with Crippen LogP contribution in [0.3, 0.4) is 0 Å². The molecule has 0 amide bonds. The number of nitrogens with zero attached hydrogens (tertiary/aromatic N) is 1. The van der Waals surface area contributed by atoms with Crippen molar-refractivity contribution >= 4 is 29.5 Å². The Kier molecular flexibility index (Phi) is 3.00. The van der Waals surface area contributed by atoms with Gasteiger partial charge in [0, 0.05) is 12.0 Å². The number of carbonyl (C=O) groups excluding carboxylic acids is 1. The largest absolute Gasteiger partial charge is 0.303 e. The molecule has 0 aromatic carbocycles. The van der Waals surface area contributed by atoms with Crippen LogP contribution in [-0.4, -0.2) is 11.3 Å². The third-order valence-electron chi connectivity index (χ3n) is 1.30. The fraction of sp³-hybridized carbons (Fsp3) is 0.143. The van der Waals surface area contributed by atoms with E-state index in [0.29, 0.717) is 6.29 Å². The first kappa shape index (κ1) is 9.42. The summed E-state index contributed by atoms with van der Waals surface area (Å²) in [7, 11) is 0. The minimum Gasteiger partial charge on any atom is -0.303 e. The van der Waals surface area contributed by atoms with E-state index in [0.717, 1.165) is 6.20 Å². The average molecular weight is 208 g/mol. The van der Waals surface area contributed by atoms with E-state index < -0.39 is 5.82 Å². The van der Waals surface area contributed by atoms with Crippen LogP contribution in [-0.2, 0) is 11.2 Å². The Morgan fingerprint density at radius 3 is 2.83 bits per heavy atom. The second kappa shape index (κ2) is 3.83. The predicted molar refractivity (Wildman–Crippen MR) is 44.0 cm³/mol. The smallest absolute Gasteiger partial charge is 0.160 e. The zero-order valence-electron chi connectivity index (χ0n) is 5.85. The van der Waals surface area contributed by atoms with Crippen molar-refractivity contribution in [1.82, 2.24) is 4.98 Å². The third kappa shape index (κ3) is 1.73. The molecule has 0 atom stereocenters. The molecule has 0 aliphatic rings. The minimum atomic E-state index is -0.669. The summed E-state index contributed by atoms with van der Waals surface area (Å²) in [6, 6.07) is 0. The maximum atomic E-state index is 12.7. The van der Waals surface area contributed by atoms with E-state index in [1.54, 1.807) is 0 Å². The monoisotopic (exact) mass is 207 g/mol. The summed E-state index contributed by atoms with van der Waals surface area (Å²) >= 11 is 11.1. The van der Waals surface area contributed by atoms with Crippen LogP contribution in [0.4, 0.5) is 4.39 Å². The van der Waals surface area contributed by atoms with Gasteiger partial charge in [0.1, 0.15) is 11.4 Å². The van der Waals surface area contributed by atoms with Gasteiger partial charge in [0.15, 0.2) is 5.82 Å². The quantitative estimate of drug-likeness (QED) is 0.551. The Bertz CT molecular complexity index is 317. The van der Waals surface area contributed by atoms with Crippen LogP contribution >= 0.6 is 23.2 Å². The molecule has 5 heteroatoms. The summed E-state index contributed by atoms with van der Waals surface area (Å²) in [5, 5.41) is -0.0735. The molecule has 1 heterocycles. The van der Waals surface area contributed by atoms with Crippen molar-refractivity contribution in [2.75, 3.05) is 0 Å². The van der Waals surface area contributed by atoms with Crippen molar-refractivity contribution in [3.8, 4) is 0 Å². The lowest BCUT2D eigenvalue weighted by Gasteiger charge is -2.01. The Morgan fingerprint density at radius 1 is 1.58 bits per heavy atom. The molecule has 0 N–H and O–H groups in total. The van der Waals surface area contributed by atoms with Crippen molar-refractivity contribution in [2.24, 2.45) is 0 Å². The molecule has 0 fully saturated rings. The molecule has 0 saturated heterocycles. The fourth-order valence-corrected chi connectivity index (χ4v) is 1.22. The van der Waals surface area contributed by atoms with Gasteiger partial charge in [-0.25, -0.2) is 9.37 Å². The summed E-state index contributed by atoms with van der Waals surface area (Å²) in [6.07, 6.45) is 1.48. The minimum absolute atomic E-state index is 0.0254. The van der Waals surface area contributed by atoms with Gasteiger partial charge in [-0.05, 0) is 0 Å². The standard InChI is InChI=1S/C7H4Cl2FNO/c8-6-4(1-2-12)7(9)11-3-5(6)10/h2-3H,1H2. The van der Waals surface area contributed by atoms with Crippen LogP contribution < -0.4 is 0 Å². The first-order valence-corrected chi connectivity index (χ1v) is 3.84. The molecule has 2 nitrogen and oxygen atoms in total. The Hall–Kier alpha value is -0.670. The van der Waals surface area contributed by atoms with Gasteiger partial charge >= 0.3 is 0 Å². The van der Waals surface area contributed by atoms with E-state index in [4.69, 9.17) is 23.2 Å². The number of halogens is 3. The summed E-state index contributed by atoms with van der Waals surface area (Å²) in [5.74, 6) is -0.669. The lowest BCUT2D eigenvalue weighted by molar-refractivity contribution is -0.107. The highest BCUT2D eigenvalue weighted by molar-refractivity contribution is 6.35. The lowest BCUT2D eigenvalue weighted by Crippen LogP contribution is -1.94. The molecule has 0 radical (unpaired) electrons. The van der Waals surface area contributed by atoms with Gasteiger partial charge in [-0.3, -0.25) is 0 Å². The number of pyridine rings is 1. The van der Waals surface area contributed by atoms with Crippen LogP contribution in [0.5, 0.6) is 0 Å². The molecule has 0 aliphatic heterocycles. The molecule has 1 aromatic rings. The Morgan fingerprint density at radius 2 is 2.25 bits per heavy atom. The van der Waals surface area contributed by atoms with Crippen molar-refractivity contribution < 1.29 is 9.18 Å². The van der Waals surface area contributed by atoms with Gasteiger partial charge in [-0.15, -0.1) is 0 Å². The molecule has 1 aromatic heterocycles. The Labute approximate surface area is 78.3 Å². The first-order valence-electron chi connectivity index (χ1n) is 3.08. The van der Waals surface area contributed by atoms with E-state index in [-0.39, 0.29) is 22.2 Å². The molecule has 12 heavy (non-hydrogen) atoms. The number of carbonyl (C=O) groups is 1. The second-order valence-corrected chi connectivity index (χ2v) is 2.80. The van der Waals surface area contributed by atoms with E-state index in [9.17, 15) is 9.18 Å². The van der Waals surface area contributed by atoms with E-state index in [1.165, 1.54) is 0 Å². The topological polar surface area (TPSA) is 30.0 Å². The maximum absolute atomic E-state index is 12.7. The zero-order valence-corrected chi connectivity index (χ0v) is 7.36. The highest BCUT2D eigenvalue weighted by Crippen LogP contribution is 2.24.